The van der Waals surface area contributed by atoms with Gasteiger partial charge >= 0.3 is 0 Å². The standard InChI is InChI=1S/C12H20N4O/c1-10(8-16-6-5-13-9-16)15-11-3-2-4-14-12(17)7-11/h5-6,9-11,15H,2-4,7-8H2,1H3,(H,14,17). The summed E-state index contributed by atoms with van der Waals surface area (Å²) < 4.78 is 2.05. The van der Waals surface area contributed by atoms with Crippen molar-refractivity contribution in [3.8, 4) is 0 Å². The van der Waals surface area contributed by atoms with Gasteiger partial charge in [0, 0.05) is 44.0 Å². The largest absolute Gasteiger partial charge is 0.356 e. The molecule has 5 heteroatoms. The predicted molar refractivity (Wildman–Crippen MR) is 65.5 cm³/mol. The summed E-state index contributed by atoms with van der Waals surface area (Å²) in [6, 6.07) is 0.649. The molecule has 1 amide bonds. The van der Waals surface area contributed by atoms with E-state index in [1.54, 1.807) is 6.20 Å². The third-order valence-corrected chi connectivity index (χ3v) is 3.05. The average molecular weight is 236 g/mol. The molecule has 0 saturated carbocycles. The number of hydrogen-bond donors (Lipinski definition) is 2. The molecule has 1 aliphatic heterocycles. The first-order valence-electron chi connectivity index (χ1n) is 6.22. The summed E-state index contributed by atoms with van der Waals surface area (Å²) >= 11 is 0. The van der Waals surface area contributed by atoms with Gasteiger partial charge in [0.2, 0.25) is 5.91 Å². The fraction of sp³-hybridized carbons (Fsp3) is 0.667. The second-order valence-corrected chi connectivity index (χ2v) is 4.72. The molecule has 2 atom stereocenters. The topological polar surface area (TPSA) is 59.0 Å². The molecule has 1 fully saturated rings. The van der Waals surface area contributed by atoms with E-state index in [9.17, 15) is 4.79 Å². The number of carbonyl (C=O) groups is 1. The fourth-order valence-electron chi connectivity index (χ4n) is 2.28. The molecule has 2 rings (SSSR count). The fourth-order valence-corrected chi connectivity index (χ4v) is 2.28. The van der Waals surface area contributed by atoms with Gasteiger partial charge in [-0.3, -0.25) is 4.79 Å². The maximum Gasteiger partial charge on any atom is 0.221 e. The highest BCUT2D eigenvalue weighted by Crippen LogP contribution is 2.07. The minimum absolute atomic E-state index is 0.162. The Morgan fingerprint density at radius 1 is 1.71 bits per heavy atom. The van der Waals surface area contributed by atoms with Crippen LogP contribution in [0.25, 0.3) is 0 Å². The van der Waals surface area contributed by atoms with Gasteiger partial charge in [-0.15, -0.1) is 0 Å². The molecule has 2 N–H and O–H groups in total. The molecule has 2 heterocycles. The zero-order valence-corrected chi connectivity index (χ0v) is 10.2. The first-order valence-corrected chi connectivity index (χ1v) is 6.22. The van der Waals surface area contributed by atoms with E-state index in [0.717, 1.165) is 25.9 Å². The van der Waals surface area contributed by atoms with E-state index in [4.69, 9.17) is 0 Å². The summed E-state index contributed by atoms with van der Waals surface area (Å²) in [7, 11) is 0. The molecular formula is C12H20N4O. The van der Waals surface area contributed by atoms with Gasteiger partial charge in [0.05, 0.1) is 6.33 Å². The molecule has 0 spiro atoms. The minimum Gasteiger partial charge on any atom is -0.356 e. The Morgan fingerprint density at radius 2 is 2.59 bits per heavy atom. The van der Waals surface area contributed by atoms with Gasteiger partial charge in [0.1, 0.15) is 0 Å². The average Bonchev–Trinajstić information content (AvgIpc) is 2.68. The van der Waals surface area contributed by atoms with Gasteiger partial charge < -0.3 is 15.2 Å². The Kier molecular flexibility index (Phi) is 4.14. The maximum atomic E-state index is 11.4. The van der Waals surface area contributed by atoms with Crippen molar-refractivity contribution < 1.29 is 4.79 Å². The molecule has 1 aromatic heterocycles. The Balaban J connectivity index is 1.80. The summed E-state index contributed by atoms with van der Waals surface area (Å²) in [4.78, 5) is 15.4. The van der Waals surface area contributed by atoms with Gasteiger partial charge in [-0.25, -0.2) is 4.98 Å². The smallest absolute Gasteiger partial charge is 0.221 e. The quantitative estimate of drug-likeness (QED) is 0.801. The van der Waals surface area contributed by atoms with Crippen molar-refractivity contribution in [2.45, 2.75) is 44.8 Å². The molecular weight excluding hydrogens is 216 g/mol. The summed E-state index contributed by atoms with van der Waals surface area (Å²) in [5.74, 6) is 0.162. The lowest BCUT2D eigenvalue weighted by Gasteiger charge is -2.21. The van der Waals surface area contributed by atoms with Crippen molar-refractivity contribution in [1.29, 1.82) is 0 Å². The Hall–Kier alpha value is -1.36. The van der Waals surface area contributed by atoms with Crippen LogP contribution in [-0.2, 0) is 11.3 Å². The minimum atomic E-state index is 0.162. The van der Waals surface area contributed by atoms with Crippen molar-refractivity contribution in [2.24, 2.45) is 0 Å². The third kappa shape index (κ3) is 3.85. The molecule has 1 saturated heterocycles. The number of nitrogens with one attached hydrogen (secondary N) is 2. The SMILES string of the molecule is CC(Cn1ccnc1)NC1CCCNC(=O)C1. The van der Waals surface area contributed by atoms with E-state index < -0.39 is 0 Å². The third-order valence-electron chi connectivity index (χ3n) is 3.05. The number of rotatable bonds is 4. The number of nitrogens with zero attached hydrogens (tertiary/aromatic N) is 2. The van der Waals surface area contributed by atoms with Crippen LogP contribution < -0.4 is 10.6 Å². The second-order valence-electron chi connectivity index (χ2n) is 4.72. The van der Waals surface area contributed by atoms with E-state index in [1.807, 2.05) is 12.5 Å². The normalized spacial score (nSPS) is 22.9. The van der Waals surface area contributed by atoms with Crippen LogP contribution in [-0.4, -0.2) is 34.1 Å². The highest BCUT2D eigenvalue weighted by Gasteiger charge is 2.18. The van der Waals surface area contributed by atoms with Crippen molar-refractivity contribution in [2.75, 3.05) is 6.54 Å². The first-order chi connectivity index (χ1) is 8.24. The Bertz CT molecular complexity index is 349. The monoisotopic (exact) mass is 236 g/mol. The summed E-state index contributed by atoms with van der Waals surface area (Å²) in [5.41, 5.74) is 0. The van der Waals surface area contributed by atoms with E-state index in [2.05, 4.69) is 27.1 Å². The number of hydrogen-bond acceptors (Lipinski definition) is 3. The lowest BCUT2D eigenvalue weighted by Crippen LogP contribution is -2.40. The highest BCUT2D eigenvalue weighted by molar-refractivity contribution is 5.76. The molecule has 0 aromatic carbocycles. The van der Waals surface area contributed by atoms with Crippen molar-refractivity contribution >= 4 is 5.91 Å². The lowest BCUT2D eigenvalue weighted by molar-refractivity contribution is -0.121. The molecule has 1 aliphatic rings. The molecule has 0 aliphatic carbocycles. The van der Waals surface area contributed by atoms with Crippen LogP contribution in [0.2, 0.25) is 0 Å². The van der Waals surface area contributed by atoms with Crippen LogP contribution in [0.1, 0.15) is 26.2 Å². The molecule has 0 radical (unpaired) electrons. The van der Waals surface area contributed by atoms with Crippen LogP contribution in [0, 0.1) is 0 Å². The number of imidazole rings is 1. The van der Waals surface area contributed by atoms with Crippen molar-refractivity contribution in [3.05, 3.63) is 18.7 Å². The number of aromatic nitrogens is 2. The van der Waals surface area contributed by atoms with Gasteiger partial charge in [0.15, 0.2) is 0 Å². The Morgan fingerprint density at radius 3 is 3.35 bits per heavy atom. The first kappa shape index (κ1) is 12.1. The molecule has 2 unspecified atom stereocenters. The molecule has 5 nitrogen and oxygen atoms in total. The van der Waals surface area contributed by atoms with E-state index >= 15 is 0 Å². The van der Waals surface area contributed by atoms with Crippen LogP contribution in [0.15, 0.2) is 18.7 Å². The molecule has 17 heavy (non-hydrogen) atoms. The van der Waals surface area contributed by atoms with E-state index in [1.165, 1.54) is 0 Å². The molecule has 1 aromatic rings. The second kappa shape index (κ2) is 5.82. The zero-order chi connectivity index (χ0) is 12.1. The van der Waals surface area contributed by atoms with Crippen LogP contribution >= 0.6 is 0 Å². The maximum absolute atomic E-state index is 11.4. The highest BCUT2D eigenvalue weighted by atomic mass is 16.1. The van der Waals surface area contributed by atoms with Crippen LogP contribution in [0.5, 0.6) is 0 Å². The molecule has 94 valence electrons. The van der Waals surface area contributed by atoms with Gasteiger partial charge in [-0.05, 0) is 19.8 Å². The zero-order valence-electron chi connectivity index (χ0n) is 10.2. The van der Waals surface area contributed by atoms with E-state index in [0.29, 0.717) is 18.5 Å². The Labute approximate surface area is 102 Å². The van der Waals surface area contributed by atoms with E-state index in [-0.39, 0.29) is 5.91 Å². The summed E-state index contributed by atoms with van der Waals surface area (Å²) in [5, 5.41) is 6.42. The van der Waals surface area contributed by atoms with Crippen LogP contribution in [0.4, 0.5) is 0 Å². The van der Waals surface area contributed by atoms with Crippen LogP contribution in [0.3, 0.4) is 0 Å². The van der Waals surface area contributed by atoms with Gasteiger partial charge in [-0.2, -0.15) is 0 Å². The van der Waals surface area contributed by atoms with Gasteiger partial charge in [0.25, 0.3) is 0 Å². The lowest BCUT2D eigenvalue weighted by atomic mass is 10.1. The predicted octanol–water partition coefficient (Wildman–Crippen LogP) is 0.530. The number of amides is 1. The van der Waals surface area contributed by atoms with Crippen molar-refractivity contribution in [1.82, 2.24) is 20.2 Å². The van der Waals surface area contributed by atoms with Gasteiger partial charge in [-0.1, -0.05) is 0 Å². The molecule has 0 bridgehead atoms. The number of carbonyl (C=O) groups excluding carboxylic acids is 1. The summed E-state index contributed by atoms with van der Waals surface area (Å²) in [6.07, 6.45) is 8.27. The van der Waals surface area contributed by atoms with Crippen molar-refractivity contribution in [3.63, 3.8) is 0 Å². The summed E-state index contributed by atoms with van der Waals surface area (Å²) in [6.45, 7) is 3.84.